The van der Waals surface area contributed by atoms with Crippen molar-refractivity contribution in [3.63, 3.8) is 0 Å². The first-order chi connectivity index (χ1) is 8.29. The van der Waals surface area contributed by atoms with Crippen molar-refractivity contribution in [1.82, 2.24) is 19.5 Å². The SMILES string of the molecule is O=c1[nH]cnc2c1ncn2[C@@H]1CC[C@@H](CO)S1. The summed E-state index contributed by atoms with van der Waals surface area (Å²) in [4.78, 5) is 22.3. The Morgan fingerprint density at radius 1 is 1.53 bits per heavy atom. The number of fused-ring (bicyclic) bond motifs is 1. The smallest absolute Gasteiger partial charge is 0.278 e. The van der Waals surface area contributed by atoms with Crippen LogP contribution in [-0.2, 0) is 0 Å². The largest absolute Gasteiger partial charge is 0.395 e. The van der Waals surface area contributed by atoms with Crippen LogP contribution in [0.3, 0.4) is 0 Å². The summed E-state index contributed by atoms with van der Waals surface area (Å²) in [5.74, 6) is 0. The highest BCUT2D eigenvalue weighted by molar-refractivity contribution is 8.00. The van der Waals surface area contributed by atoms with E-state index in [2.05, 4.69) is 15.0 Å². The third-order valence-electron chi connectivity index (χ3n) is 2.96. The van der Waals surface area contributed by atoms with Crippen LogP contribution in [0.4, 0.5) is 0 Å². The van der Waals surface area contributed by atoms with Gasteiger partial charge in [0.2, 0.25) is 0 Å². The second-order valence-electron chi connectivity index (χ2n) is 4.03. The van der Waals surface area contributed by atoms with Gasteiger partial charge in [-0.3, -0.25) is 4.79 Å². The Kier molecular flexibility index (Phi) is 2.64. The van der Waals surface area contributed by atoms with Crippen molar-refractivity contribution < 1.29 is 5.11 Å². The molecule has 0 radical (unpaired) electrons. The highest BCUT2D eigenvalue weighted by Crippen LogP contribution is 2.41. The lowest BCUT2D eigenvalue weighted by molar-refractivity contribution is 0.292. The molecule has 0 amide bonds. The zero-order valence-corrected chi connectivity index (χ0v) is 9.85. The second-order valence-corrected chi connectivity index (χ2v) is 5.51. The topological polar surface area (TPSA) is 83.8 Å². The van der Waals surface area contributed by atoms with Crippen LogP contribution in [0.2, 0.25) is 0 Å². The number of thioether (sulfide) groups is 1. The first-order valence-corrected chi connectivity index (χ1v) is 6.40. The Hall–Kier alpha value is -1.34. The second kappa shape index (κ2) is 4.15. The average Bonchev–Trinajstić information content (AvgIpc) is 2.94. The lowest BCUT2D eigenvalue weighted by atomic mass is 10.2. The number of nitrogens with one attached hydrogen (secondary N) is 1. The van der Waals surface area contributed by atoms with Gasteiger partial charge in [-0.05, 0) is 12.8 Å². The van der Waals surface area contributed by atoms with Gasteiger partial charge in [0, 0.05) is 5.25 Å². The van der Waals surface area contributed by atoms with Crippen LogP contribution in [0, 0.1) is 0 Å². The highest BCUT2D eigenvalue weighted by atomic mass is 32.2. The third kappa shape index (κ3) is 1.75. The molecule has 6 nitrogen and oxygen atoms in total. The fourth-order valence-corrected chi connectivity index (χ4v) is 3.46. The van der Waals surface area contributed by atoms with Gasteiger partial charge >= 0.3 is 0 Å². The Balaban J connectivity index is 2.02. The number of aromatic nitrogens is 4. The molecule has 0 aliphatic carbocycles. The maximum absolute atomic E-state index is 11.5. The molecule has 1 aliphatic heterocycles. The van der Waals surface area contributed by atoms with E-state index in [4.69, 9.17) is 5.11 Å². The van der Waals surface area contributed by atoms with Crippen LogP contribution in [0.5, 0.6) is 0 Å². The summed E-state index contributed by atoms with van der Waals surface area (Å²) >= 11 is 1.71. The Labute approximate surface area is 101 Å². The Bertz CT molecular complexity index is 593. The van der Waals surface area contributed by atoms with Gasteiger partial charge < -0.3 is 14.7 Å². The molecular weight excluding hydrogens is 240 g/mol. The average molecular weight is 252 g/mol. The molecule has 3 heterocycles. The normalized spacial score (nSPS) is 24.5. The van der Waals surface area contributed by atoms with Crippen LogP contribution in [0.1, 0.15) is 18.2 Å². The van der Waals surface area contributed by atoms with Gasteiger partial charge in [0.05, 0.1) is 24.6 Å². The summed E-state index contributed by atoms with van der Waals surface area (Å²) in [7, 11) is 0. The standard InChI is InChI=1S/C10H12N4O2S/c15-3-6-1-2-7(17-6)14-5-13-8-9(14)11-4-12-10(8)16/h4-7,15H,1-3H2,(H,11,12,16)/t6-,7-/m0/s1. The first-order valence-electron chi connectivity index (χ1n) is 5.46. The Morgan fingerprint density at radius 3 is 3.18 bits per heavy atom. The summed E-state index contributed by atoms with van der Waals surface area (Å²) in [6.07, 6.45) is 5.00. The maximum Gasteiger partial charge on any atom is 0.278 e. The number of aromatic amines is 1. The number of aliphatic hydroxyl groups excluding tert-OH is 1. The quantitative estimate of drug-likeness (QED) is 0.813. The van der Waals surface area contributed by atoms with Crippen molar-refractivity contribution in [2.45, 2.75) is 23.5 Å². The molecule has 3 rings (SSSR count). The summed E-state index contributed by atoms with van der Waals surface area (Å²) in [5, 5.41) is 9.61. The molecule has 0 spiro atoms. The number of aliphatic hydroxyl groups is 1. The monoisotopic (exact) mass is 252 g/mol. The zero-order valence-electron chi connectivity index (χ0n) is 9.04. The minimum absolute atomic E-state index is 0.196. The van der Waals surface area contributed by atoms with Crippen molar-refractivity contribution in [2.75, 3.05) is 6.61 Å². The molecule has 0 bridgehead atoms. The molecule has 90 valence electrons. The number of imidazole rings is 1. The number of H-pyrrole nitrogens is 1. The fourth-order valence-electron chi connectivity index (χ4n) is 2.10. The van der Waals surface area contributed by atoms with Gasteiger partial charge in [-0.15, -0.1) is 11.8 Å². The third-order valence-corrected chi connectivity index (χ3v) is 4.51. The van der Waals surface area contributed by atoms with Gasteiger partial charge in [0.25, 0.3) is 5.56 Å². The van der Waals surface area contributed by atoms with Crippen molar-refractivity contribution in [2.24, 2.45) is 0 Å². The van der Waals surface area contributed by atoms with Crippen LogP contribution in [-0.4, -0.2) is 36.5 Å². The van der Waals surface area contributed by atoms with E-state index in [0.717, 1.165) is 12.8 Å². The summed E-state index contributed by atoms with van der Waals surface area (Å²) in [6.45, 7) is 0.196. The molecule has 1 saturated heterocycles. The molecule has 0 aromatic carbocycles. The van der Waals surface area contributed by atoms with E-state index >= 15 is 0 Å². The van der Waals surface area contributed by atoms with Gasteiger partial charge in [0.1, 0.15) is 0 Å². The molecule has 1 fully saturated rings. The first kappa shape index (κ1) is 10.8. The van der Waals surface area contributed by atoms with Crippen LogP contribution >= 0.6 is 11.8 Å². The lowest BCUT2D eigenvalue weighted by Crippen LogP contribution is -2.08. The molecule has 2 aromatic rings. The number of hydrogen-bond donors (Lipinski definition) is 2. The van der Waals surface area contributed by atoms with E-state index in [-0.39, 0.29) is 22.8 Å². The number of nitrogens with zero attached hydrogens (tertiary/aromatic N) is 3. The molecule has 0 saturated carbocycles. The molecule has 17 heavy (non-hydrogen) atoms. The number of hydrogen-bond acceptors (Lipinski definition) is 5. The van der Waals surface area contributed by atoms with Crippen LogP contribution in [0.15, 0.2) is 17.4 Å². The highest BCUT2D eigenvalue weighted by Gasteiger charge is 2.27. The van der Waals surface area contributed by atoms with Gasteiger partial charge in [-0.1, -0.05) is 0 Å². The minimum atomic E-state index is -0.213. The zero-order chi connectivity index (χ0) is 11.8. The van der Waals surface area contributed by atoms with E-state index in [9.17, 15) is 4.79 Å². The summed E-state index contributed by atoms with van der Waals surface area (Å²) in [6, 6.07) is 0. The predicted molar refractivity (Wildman–Crippen MR) is 64.9 cm³/mol. The summed E-state index contributed by atoms with van der Waals surface area (Å²) in [5.41, 5.74) is 0.779. The molecule has 0 unspecified atom stereocenters. The summed E-state index contributed by atoms with van der Waals surface area (Å²) < 4.78 is 1.92. The molecule has 7 heteroatoms. The maximum atomic E-state index is 11.5. The van der Waals surface area contributed by atoms with Crippen LogP contribution < -0.4 is 5.56 Å². The molecule has 1 aliphatic rings. The lowest BCUT2D eigenvalue weighted by Gasteiger charge is -2.11. The fraction of sp³-hybridized carbons (Fsp3) is 0.500. The van der Waals surface area contributed by atoms with Crippen molar-refractivity contribution in [3.8, 4) is 0 Å². The van der Waals surface area contributed by atoms with E-state index in [1.54, 1.807) is 18.1 Å². The van der Waals surface area contributed by atoms with Crippen LogP contribution in [0.25, 0.3) is 11.2 Å². The number of rotatable bonds is 2. The van der Waals surface area contributed by atoms with Gasteiger partial charge in [0.15, 0.2) is 11.2 Å². The Morgan fingerprint density at radius 2 is 2.41 bits per heavy atom. The van der Waals surface area contributed by atoms with E-state index in [1.165, 1.54) is 6.33 Å². The van der Waals surface area contributed by atoms with E-state index < -0.39 is 0 Å². The molecule has 2 atom stereocenters. The van der Waals surface area contributed by atoms with Crippen molar-refractivity contribution in [1.29, 1.82) is 0 Å². The van der Waals surface area contributed by atoms with E-state index in [0.29, 0.717) is 11.2 Å². The van der Waals surface area contributed by atoms with E-state index in [1.807, 2.05) is 4.57 Å². The van der Waals surface area contributed by atoms with Gasteiger partial charge in [-0.25, -0.2) is 9.97 Å². The van der Waals surface area contributed by atoms with Crippen molar-refractivity contribution >= 4 is 22.9 Å². The molecule has 2 aromatic heterocycles. The van der Waals surface area contributed by atoms with Gasteiger partial charge in [-0.2, -0.15) is 0 Å². The molecule has 2 N–H and O–H groups in total. The van der Waals surface area contributed by atoms with Crippen molar-refractivity contribution in [3.05, 3.63) is 23.0 Å². The predicted octanol–water partition coefficient (Wildman–Crippen LogP) is 0.506. The minimum Gasteiger partial charge on any atom is -0.395 e. The molecular formula is C10H12N4O2S.